The van der Waals surface area contributed by atoms with E-state index < -0.39 is 0 Å². The molecule has 0 amide bonds. The monoisotopic (exact) mass is 206 g/mol. The van der Waals surface area contributed by atoms with Gasteiger partial charge in [-0.25, -0.2) is 0 Å². The van der Waals surface area contributed by atoms with Crippen LogP contribution >= 0.6 is 11.8 Å². The lowest BCUT2D eigenvalue weighted by Crippen LogP contribution is -2.27. The van der Waals surface area contributed by atoms with E-state index in [4.69, 9.17) is 0 Å². The van der Waals surface area contributed by atoms with E-state index in [1.807, 2.05) is 11.8 Å². The maximum atomic E-state index is 2.35. The average Bonchev–Trinajstić information content (AvgIpc) is 2.16. The van der Waals surface area contributed by atoms with E-state index in [9.17, 15) is 0 Å². The summed E-state index contributed by atoms with van der Waals surface area (Å²) in [6, 6.07) is 8.83. The van der Waals surface area contributed by atoms with Crippen molar-refractivity contribution in [3.8, 4) is 0 Å². The Bertz CT molecular complexity index is 322. The van der Waals surface area contributed by atoms with E-state index in [1.165, 1.54) is 17.1 Å². The number of hydrogen-bond acceptors (Lipinski definition) is 1. The molecule has 1 unspecified atom stereocenters. The predicted molar refractivity (Wildman–Crippen MR) is 63.8 cm³/mol. The minimum absolute atomic E-state index is 0.445. The highest BCUT2D eigenvalue weighted by Crippen LogP contribution is 2.40. The van der Waals surface area contributed by atoms with Crippen LogP contribution in [0.4, 0.5) is 0 Å². The van der Waals surface area contributed by atoms with Gasteiger partial charge >= 0.3 is 0 Å². The van der Waals surface area contributed by atoms with Crippen molar-refractivity contribution in [2.24, 2.45) is 11.3 Å². The van der Waals surface area contributed by atoms with Crippen LogP contribution in [0.3, 0.4) is 0 Å². The summed E-state index contributed by atoms with van der Waals surface area (Å²) in [6.07, 6.45) is 1.26. The molecule has 0 spiro atoms. The zero-order valence-corrected chi connectivity index (χ0v) is 10.0. The maximum Gasteiger partial charge on any atom is 0.0104 e. The first kappa shape index (κ1) is 10.1. The molecule has 0 nitrogen and oxygen atoms in total. The summed E-state index contributed by atoms with van der Waals surface area (Å²) in [7, 11) is 0. The zero-order valence-electron chi connectivity index (χ0n) is 9.21. The third-order valence-corrected chi connectivity index (χ3v) is 4.38. The fraction of sp³-hybridized carbons (Fsp3) is 0.538. The molecule has 0 bridgehead atoms. The van der Waals surface area contributed by atoms with Gasteiger partial charge in [-0.2, -0.15) is 0 Å². The smallest absolute Gasteiger partial charge is 0.0104 e. The lowest BCUT2D eigenvalue weighted by molar-refractivity contribution is 0.262. The zero-order chi connectivity index (χ0) is 10.2. The van der Waals surface area contributed by atoms with E-state index in [-0.39, 0.29) is 0 Å². The van der Waals surface area contributed by atoms with Crippen molar-refractivity contribution in [2.45, 2.75) is 32.1 Å². The Morgan fingerprint density at radius 3 is 2.64 bits per heavy atom. The van der Waals surface area contributed by atoms with Gasteiger partial charge in [0.25, 0.3) is 0 Å². The summed E-state index contributed by atoms with van der Waals surface area (Å²) in [4.78, 5) is 1.49. The van der Waals surface area contributed by atoms with Gasteiger partial charge in [-0.05, 0) is 29.4 Å². The van der Waals surface area contributed by atoms with Crippen molar-refractivity contribution in [2.75, 3.05) is 5.75 Å². The van der Waals surface area contributed by atoms with Crippen molar-refractivity contribution in [3.05, 3.63) is 29.8 Å². The second-order valence-electron chi connectivity index (χ2n) is 5.19. The first-order valence-electron chi connectivity index (χ1n) is 5.28. The van der Waals surface area contributed by atoms with Gasteiger partial charge in [-0.15, -0.1) is 11.8 Å². The summed E-state index contributed by atoms with van der Waals surface area (Å²) in [5.41, 5.74) is 1.99. The van der Waals surface area contributed by atoms with Crippen molar-refractivity contribution in [1.82, 2.24) is 0 Å². The highest BCUT2D eigenvalue weighted by Gasteiger charge is 2.28. The Balaban J connectivity index is 2.22. The lowest BCUT2D eigenvalue weighted by Gasteiger charge is -2.34. The molecule has 1 atom stereocenters. The Kier molecular flexibility index (Phi) is 2.61. The number of hydrogen-bond donors (Lipinski definition) is 0. The van der Waals surface area contributed by atoms with Crippen molar-refractivity contribution in [3.63, 3.8) is 0 Å². The Hall–Kier alpha value is -0.430. The Labute approximate surface area is 91.1 Å². The number of thioether (sulfide) groups is 1. The van der Waals surface area contributed by atoms with Crippen LogP contribution in [-0.4, -0.2) is 5.75 Å². The summed E-state index contributed by atoms with van der Waals surface area (Å²) < 4.78 is 0. The van der Waals surface area contributed by atoms with Gasteiger partial charge in [0.1, 0.15) is 0 Å². The summed E-state index contributed by atoms with van der Waals surface area (Å²) in [5.74, 6) is 2.10. The van der Waals surface area contributed by atoms with Crippen LogP contribution in [0.25, 0.3) is 0 Å². The average molecular weight is 206 g/mol. The quantitative estimate of drug-likeness (QED) is 0.618. The topological polar surface area (TPSA) is 0 Å². The Morgan fingerprint density at radius 2 is 1.93 bits per heavy atom. The number of fused-ring (bicyclic) bond motifs is 1. The van der Waals surface area contributed by atoms with E-state index in [2.05, 4.69) is 45.0 Å². The summed E-state index contributed by atoms with van der Waals surface area (Å²) >= 11 is 2.02. The molecule has 0 radical (unpaired) electrons. The van der Waals surface area contributed by atoms with E-state index in [0.717, 1.165) is 5.92 Å². The molecular weight excluding hydrogens is 188 g/mol. The van der Waals surface area contributed by atoms with Crippen LogP contribution in [0.5, 0.6) is 0 Å². The maximum absolute atomic E-state index is 2.35. The number of rotatable bonds is 0. The van der Waals surface area contributed by atoms with Gasteiger partial charge in [0.15, 0.2) is 0 Å². The second kappa shape index (κ2) is 3.62. The largest absolute Gasteiger partial charge is 0.126 e. The first-order valence-corrected chi connectivity index (χ1v) is 6.26. The molecule has 1 aliphatic rings. The van der Waals surface area contributed by atoms with Crippen LogP contribution in [0.2, 0.25) is 0 Å². The van der Waals surface area contributed by atoms with Gasteiger partial charge < -0.3 is 0 Å². The third kappa shape index (κ3) is 1.98. The van der Waals surface area contributed by atoms with Gasteiger partial charge in [-0.1, -0.05) is 39.0 Å². The predicted octanol–water partition coefficient (Wildman–Crippen LogP) is 4.00. The van der Waals surface area contributed by atoms with Gasteiger partial charge in [0.2, 0.25) is 0 Å². The molecule has 1 heterocycles. The SMILES string of the molecule is CC(C)(C)C1CSc2ccccc2C1. The molecule has 0 N–H and O–H groups in total. The molecule has 0 fully saturated rings. The molecule has 0 aliphatic carbocycles. The van der Waals surface area contributed by atoms with Crippen molar-refractivity contribution < 1.29 is 0 Å². The molecule has 0 saturated heterocycles. The van der Waals surface area contributed by atoms with E-state index >= 15 is 0 Å². The molecular formula is C13H18S. The fourth-order valence-electron chi connectivity index (χ4n) is 1.88. The standard InChI is InChI=1S/C13H18S/c1-13(2,3)11-8-10-6-4-5-7-12(10)14-9-11/h4-7,11H,8-9H2,1-3H3. The molecule has 0 saturated carbocycles. The van der Waals surface area contributed by atoms with Crippen molar-refractivity contribution >= 4 is 11.8 Å². The molecule has 1 aliphatic heterocycles. The van der Waals surface area contributed by atoms with Gasteiger partial charge in [0, 0.05) is 10.6 Å². The van der Waals surface area contributed by atoms with Crippen LogP contribution in [0.15, 0.2) is 29.2 Å². The van der Waals surface area contributed by atoms with Crippen LogP contribution in [0, 0.1) is 11.3 Å². The Morgan fingerprint density at radius 1 is 1.21 bits per heavy atom. The van der Waals surface area contributed by atoms with Crippen LogP contribution in [0.1, 0.15) is 26.3 Å². The normalized spacial score (nSPS) is 21.8. The molecule has 76 valence electrons. The number of benzene rings is 1. The van der Waals surface area contributed by atoms with E-state index in [1.54, 1.807) is 5.56 Å². The highest BCUT2D eigenvalue weighted by atomic mass is 32.2. The molecule has 1 aromatic rings. The molecule has 1 heteroatoms. The van der Waals surface area contributed by atoms with Crippen LogP contribution < -0.4 is 0 Å². The highest BCUT2D eigenvalue weighted by molar-refractivity contribution is 7.99. The van der Waals surface area contributed by atoms with E-state index in [0.29, 0.717) is 5.41 Å². The van der Waals surface area contributed by atoms with Gasteiger partial charge in [-0.3, -0.25) is 0 Å². The molecule has 2 rings (SSSR count). The minimum atomic E-state index is 0.445. The minimum Gasteiger partial charge on any atom is -0.126 e. The second-order valence-corrected chi connectivity index (χ2v) is 6.25. The molecule has 14 heavy (non-hydrogen) atoms. The first-order chi connectivity index (χ1) is 6.57. The summed E-state index contributed by atoms with van der Waals surface area (Å²) in [5, 5.41) is 0. The molecule has 1 aromatic carbocycles. The fourth-order valence-corrected chi connectivity index (χ4v) is 3.39. The third-order valence-electron chi connectivity index (χ3n) is 3.10. The van der Waals surface area contributed by atoms with Gasteiger partial charge in [0.05, 0.1) is 0 Å². The lowest BCUT2D eigenvalue weighted by atomic mass is 9.78. The van der Waals surface area contributed by atoms with Crippen LogP contribution in [-0.2, 0) is 6.42 Å². The van der Waals surface area contributed by atoms with Crippen molar-refractivity contribution in [1.29, 1.82) is 0 Å². The summed E-state index contributed by atoms with van der Waals surface area (Å²) in [6.45, 7) is 7.06. The molecule has 0 aromatic heterocycles.